The molecular formula is C20H27N3O3S. The molecule has 1 saturated heterocycles. The fourth-order valence-corrected chi connectivity index (χ4v) is 4.60. The number of amides is 4. The Labute approximate surface area is 164 Å². The predicted octanol–water partition coefficient (Wildman–Crippen LogP) is 2.70. The third-order valence-electron chi connectivity index (χ3n) is 5.52. The molecule has 146 valence electrons. The summed E-state index contributed by atoms with van der Waals surface area (Å²) in [6, 6.07) is 7.78. The van der Waals surface area contributed by atoms with Gasteiger partial charge >= 0.3 is 6.03 Å². The van der Waals surface area contributed by atoms with E-state index in [1.165, 1.54) is 5.56 Å². The van der Waals surface area contributed by atoms with Crippen LogP contribution in [0, 0.1) is 12.8 Å². The number of imide groups is 1. The van der Waals surface area contributed by atoms with E-state index in [0.717, 1.165) is 34.8 Å². The molecule has 0 radical (unpaired) electrons. The van der Waals surface area contributed by atoms with Crippen LogP contribution in [0.2, 0.25) is 0 Å². The first-order valence-corrected chi connectivity index (χ1v) is 10.5. The highest BCUT2D eigenvalue weighted by Crippen LogP contribution is 2.38. The van der Waals surface area contributed by atoms with Crippen molar-refractivity contribution in [2.45, 2.75) is 50.0 Å². The molecule has 1 heterocycles. The van der Waals surface area contributed by atoms with E-state index < -0.39 is 11.6 Å². The lowest BCUT2D eigenvalue weighted by atomic mass is 9.73. The van der Waals surface area contributed by atoms with Crippen molar-refractivity contribution in [1.82, 2.24) is 15.5 Å². The van der Waals surface area contributed by atoms with Crippen molar-refractivity contribution in [3.8, 4) is 0 Å². The summed E-state index contributed by atoms with van der Waals surface area (Å²) in [5, 5.41) is 5.67. The first kappa shape index (κ1) is 19.7. The van der Waals surface area contributed by atoms with Crippen LogP contribution in [0.1, 0.15) is 38.2 Å². The maximum absolute atomic E-state index is 12.8. The monoisotopic (exact) mass is 389 g/mol. The Morgan fingerprint density at radius 3 is 2.74 bits per heavy atom. The summed E-state index contributed by atoms with van der Waals surface area (Å²) < 4.78 is 0. The Hall–Kier alpha value is -2.02. The van der Waals surface area contributed by atoms with Gasteiger partial charge in [-0.15, -0.1) is 11.8 Å². The molecule has 1 aliphatic carbocycles. The van der Waals surface area contributed by atoms with Gasteiger partial charge in [0.25, 0.3) is 5.91 Å². The van der Waals surface area contributed by atoms with E-state index in [2.05, 4.69) is 34.9 Å². The summed E-state index contributed by atoms with van der Waals surface area (Å²) in [4.78, 5) is 39.6. The van der Waals surface area contributed by atoms with E-state index in [-0.39, 0.29) is 24.3 Å². The van der Waals surface area contributed by atoms with Crippen molar-refractivity contribution in [2.24, 2.45) is 5.92 Å². The van der Waals surface area contributed by atoms with Crippen molar-refractivity contribution in [2.75, 3.05) is 18.8 Å². The number of nitrogens with zero attached hydrogens (tertiary/aromatic N) is 1. The molecule has 2 aliphatic rings. The third-order valence-corrected chi connectivity index (χ3v) is 6.53. The van der Waals surface area contributed by atoms with Gasteiger partial charge in [-0.3, -0.25) is 14.5 Å². The highest BCUT2D eigenvalue weighted by Gasteiger charge is 2.55. The Morgan fingerprint density at radius 1 is 1.30 bits per heavy atom. The molecule has 0 bridgehead atoms. The van der Waals surface area contributed by atoms with Gasteiger partial charge in [-0.1, -0.05) is 37.5 Å². The fourth-order valence-electron chi connectivity index (χ4n) is 3.83. The van der Waals surface area contributed by atoms with Crippen LogP contribution in [0.25, 0.3) is 0 Å². The molecule has 0 unspecified atom stereocenters. The first-order valence-electron chi connectivity index (χ1n) is 9.52. The van der Waals surface area contributed by atoms with E-state index in [0.29, 0.717) is 13.0 Å². The number of aryl methyl sites for hydroxylation is 1. The zero-order valence-corrected chi connectivity index (χ0v) is 16.7. The second-order valence-corrected chi connectivity index (χ2v) is 8.62. The molecule has 2 N–H and O–H groups in total. The van der Waals surface area contributed by atoms with E-state index in [1.54, 1.807) is 11.8 Å². The van der Waals surface area contributed by atoms with Crippen molar-refractivity contribution < 1.29 is 14.4 Å². The van der Waals surface area contributed by atoms with E-state index in [1.807, 2.05) is 13.8 Å². The van der Waals surface area contributed by atoms with E-state index in [4.69, 9.17) is 0 Å². The lowest BCUT2D eigenvalue weighted by Gasteiger charge is -2.36. The van der Waals surface area contributed by atoms with Gasteiger partial charge in [0, 0.05) is 17.2 Å². The number of hydrogen-bond acceptors (Lipinski definition) is 4. The minimum Gasteiger partial charge on any atom is -0.354 e. The standard InChI is InChI=1S/C20H27N3O3S/c1-14-6-8-16(9-7-14)27-12-11-21-17(24)13-23-18(25)20(22-19(23)26)10-4-3-5-15(20)2/h6-9,15H,3-5,10-13H2,1-2H3,(H,21,24)(H,22,26)/t15-,20+/m0/s1. The average molecular weight is 390 g/mol. The lowest BCUT2D eigenvalue weighted by Crippen LogP contribution is -2.54. The molecule has 1 aromatic rings. The quantitative estimate of drug-likeness (QED) is 0.445. The van der Waals surface area contributed by atoms with Gasteiger partial charge in [-0.25, -0.2) is 4.79 Å². The number of urea groups is 1. The van der Waals surface area contributed by atoms with Gasteiger partial charge in [-0.2, -0.15) is 0 Å². The highest BCUT2D eigenvalue weighted by atomic mass is 32.2. The van der Waals surface area contributed by atoms with E-state index >= 15 is 0 Å². The van der Waals surface area contributed by atoms with Gasteiger partial charge < -0.3 is 10.6 Å². The number of thioether (sulfide) groups is 1. The maximum atomic E-state index is 12.8. The van der Waals surface area contributed by atoms with Crippen LogP contribution >= 0.6 is 11.8 Å². The van der Waals surface area contributed by atoms with Gasteiger partial charge in [0.05, 0.1) is 0 Å². The summed E-state index contributed by atoms with van der Waals surface area (Å²) in [6.45, 7) is 4.32. The number of rotatable bonds is 6. The summed E-state index contributed by atoms with van der Waals surface area (Å²) >= 11 is 1.66. The summed E-state index contributed by atoms with van der Waals surface area (Å²) in [5.74, 6) is 0.282. The Morgan fingerprint density at radius 2 is 2.04 bits per heavy atom. The topological polar surface area (TPSA) is 78.5 Å². The molecule has 6 nitrogen and oxygen atoms in total. The van der Waals surface area contributed by atoms with Crippen molar-refractivity contribution in [3.63, 3.8) is 0 Å². The second-order valence-electron chi connectivity index (χ2n) is 7.45. The van der Waals surface area contributed by atoms with Crippen LogP contribution < -0.4 is 10.6 Å². The largest absolute Gasteiger partial charge is 0.354 e. The number of carbonyl (C=O) groups excluding carboxylic acids is 3. The van der Waals surface area contributed by atoms with Crippen molar-refractivity contribution in [1.29, 1.82) is 0 Å². The van der Waals surface area contributed by atoms with Crippen LogP contribution in [-0.4, -0.2) is 47.1 Å². The molecular weight excluding hydrogens is 362 g/mol. The van der Waals surface area contributed by atoms with Gasteiger partial charge in [0.15, 0.2) is 0 Å². The normalized spacial score (nSPS) is 25.0. The zero-order valence-electron chi connectivity index (χ0n) is 15.9. The zero-order chi connectivity index (χ0) is 19.4. The maximum Gasteiger partial charge on any atom is 0.325 e. The second kappa shape index (κ2) is 8.33. The summed E-state index contributed by atoms with van der Waals surface area (Å²) in [5.41, 5.74) is 0.406. The smallest absolute Gasteiger partial charge is 0.325 e. The van der Waals surface area contributed by atoms with Gasteiger partial charge in [-0.05, 0) is 37.8 Å². The SMILES string of the molecule is Cc1ccc(SCCNC(=O)CN2C(=O)N[C@@]3(CCCC[C@@H]3C)C2=O)cc1. The van der Waals surface area contributed by atoms with Gasteiger partial charge in [0.1, 0.15) is 12.1 Å². The molecule has 2 fully saturated rings. The molecule has 27 heavy (non-hydrogen) atoms. The Bertz CT molecular complexity index is 722. The average Bonchev–Trinajstić information content (AvgIpc) is 2.88. The van der Waals surface area contributed by atoms with Crippen LogP contribution in [0.15, 0.2) is 29.2 Å². The van der Waals surface area contributed by atoms with Crippen LogP contribution in [0.5, 0.6) is 0 Å². The molecule has 1 aliphatic heterocycles. The minimum absolute atomic E-state index is 0.0988. The predicted molar refractivity (Wildman–Crippen MR) is 106 cm³/mol. The number of benzene rings is 1. The minimum atomic E-state index is -0.809. The van der Waals surface area contributed by atoms with Crippen LogP contribution in [0.3, 0.4) is 0 Å². The summed E-state index contributed by atoms with van der Waals surface area (Å²) in [6.07, 6.45) is 3.57. The molecule has 2 atom stereocenters. The summed E-state index contributed by atoms with van der Waals surface area (Å²) in [7, 11) is 0. The molecule has 7 heteroatoms. The van der Waals surface area contributed by atoms with Crippen LogP contribution in [-0.2, 0) is 9.59 Å². The molecule has 1 spiro atoms. The molecule has 0 aromatic heterocycles. The van der Waals surface area contributed by atoms with Crippen LogP contribution in [0.4, 0.5) is 4.79 Å². The van der Waals surface area contributed by atoms with Crippen molar-refractivity contribution in [3.05, 3.63) is 29.8 Å². The fraction of sp³-hybridized carbons (Fsp3) is 0.550. The molecule has 1 aromatic carbocycles. The Balaban J connectivity index is 1.47. The number of nitrogens with one attached hydrogen (secondary N) is 2. The molecule has 1 saturated carbocycles. The lowest BCUT2D eigenvalue weighted by molar-refractivity contribution is -0.137. The molecule has 4 amide bonds. The van der Waals surface area contributed by atoms with E-state index in [9.17, 15) is 14.4 Å². The number of carbonyl (C=O) groups is 3. The molecule has 3 rings (SSSR count). The highest BCUT2D eigenvalue weighted by molar-refractivity contribution is 7.99. The number of hydrogen-bond donors (Lipinski definition) is 2. The van der Waals surface area contributed by atoms with Crippen molar-refractivity contribution >= 4 is 29.6 Å². The van der Waals surface area contributed by atoms with Gasteiger partial charge in [0.2, 0.25) is 5.91 Å². The third kappa shape index (κ3) is 4.29. The first-order chi connectivity index (χ1) is 12.9. The Kier molecular flexibility index (Phi) is 6.09.